The van der Waals surface area contributed by atoms with E-state index in [1.807, 2.05) is 0 Å². The minimum absolute atomic E-state index is 0.0444. The van der Waals surface area contributed by atoms with Crippen molar-refractivity contribution in [1.82, 2.24) is 10.6 Å². The van der Waals surface area contributed by atoms with E-state index in [9.17, 15) is 9.59 Å². The Labute approximate surface area is 158 Å². The molecule has 146 valence electrons. The number of amides is 2. The van der Waals surface area contributed by atoms with Gasteiger partial charge in [-0.05, 0) is 87.9 Å². The lowest BCUT2D eigenvalue weighted by atomic mass is 9.84. The van der Waals surface area contributed by atoms with Crippen molar-refractivity contribution in [1.29, 1.82) is 0 Å². The third-order valence-corrected chi connectivity index (χ3v) is 8.23. The lowest BCUT2D eigenvalue weighted by Gasteiger charge is -2.29. The second kappa shape index (κ2) is 7.52. The SMILES string of the molecule is C[C@H](NC(=O)CCC(=O)N[C@H](C)[C@@H]1C[C@H]2CC[C@H]1C2)[C@H]1C[C@H]2CC[C@H]1C2. The highest BCUT2D eigenvalue weighted by molar-refractivity contribution is 5.84. The van der Waals surface area contributed by atoms with Gasteiger partial charge in [0.2, 0.25) is 11.8 Å². The molecule has 4 nitrogen and oxygen atoms in total. The third kappa shape index (κ3) is 3.80. The van der Waals surface area contributed by atoms with Gasteiger partial charge < -0.3 is 10.6 Å². The smallest absolute Gasteiger partial charge is 0.220 e. The predicted molar refractivity (Wildman–Crippen MR) is 102 cm³/mol. The molecular formula is C22H36N2O2. The zero-order chi connectivity index (χ0) is 18.3. The molecule has 0 spiro atoms. The van der Waals surface area contributed by atoms with Gasteiger partial charge in [-0.25, -0.2) is 0 Å². The van der Waals surface area contributed by atoms with E-state index >= 15 is 0 Å². The van der Waals surface area contributed by atoms with E-state index in [1.165, 1.54) is 51.4 Å². The summed E-state index contributed by atoms with van der Waals surface area (Å²) in [6.07, 6.45) is 11.4. The zero-order valence-corrected chi connectivity index (χ0v) is 16.5. The fourth-order valence-corrected chi connectivity index (χ4v) is 6.91. The number of carbonyl (C=O) groups is 2. The number of hydrogen-bond acceptors (Lipinski definition) is 2. The summed E-state index contributed by atoms with van der Waals surface area (Å²) in [6.45, 7) is 4.31. The Morgan fingerprint density at radius 1 is 0.731 bits per heavy atom. The van der Waals surface area contributed by atoms with Gasteiger partial charge in [-0.15, -0.1) is 0 Å². The van der Waals surface area contributed by atoms with Crippen LogP contribution in [0, 0.1) is 35.5 Å². The molecule has 0 aromatic carbocycles. The Morgan fingerprint density at radius 3 is 1.46 bits per heavy atom. The van der Waals surface area contributed by atoms with E-state index in [4.69, 9.17) is 0 Å². The normalized spacial score (nSPS) is 39.8. The molecule has 4 heteroatoms. The quantitative estimate of drug-likeness (QED) is 0.728. The van der Waals surface area contributed by atoms with Gasteiger partial charge in [0.1, 0.15) is 0 Å². The largest absolute Gasteiger partial charge is 0.353 e. The molecule has 4 saturated carbocycles. The predicted octanol–water partition coefficient (Wildman–Crippen LogP) is 3.65. The molecule has 0 aromatic heterocycles. The third-order valence-electron chi connectivity index (χ3n) is 8.23. The fraction of sp³-hybridized carbons (Fsp3) is 0.909. The van der Waals surface area contributed by atoms with Crippen molar-refractivity contribution in [3.63, 3.8) is 0 Å². The zero-order valence-electron chi connectivity index (χ0n) is 16.5. The first-order chi connectivity index (χ1) is 12.5. The van der Waals surface area contributed by atoms with Crippen LogP contribution in [-0.2, 0) is 9.59 Å². The summed E-state index contributed by atoms with van der Waals surface area (Å²) in [4.78, 5) is 24.6. The van der Waals surface area contributed by atoms with Gasteiger partial charge in [0.05, 0.1) is 0 Å². The minimum Gasteiger partial charge on any atom is -0.353 e. The van der Waals surface area contributed by atoms with Crippen molar-refractivity contribution >= 4 is 11.8 Å². The van der Waals surface area contributed by atoms with Crippen molar-refractivity contribution in [3.05, 3.63) is 0 Å². The first-order valence-corrected chi connectivity index (χ1v) is 11.1. The fourth-order valence-electron chi connectivity index (χ4n) is 6.91. The van der Waals surface area contributed by atoms with E-state index < -0.39 is 0 Å². The number of carbonyl (C=O) groups excluding carboxylic acids is 2. The lowest BCUT2D eigenvalue weighted by Crippen LogP contribution is -2.42. The summed E-state index contributed by atoms with van der Waals surface area (Å²) in [6, 6.07) is 0.516. The molecular weight excluding hydrogens is 324 g/mol. The molecule has 0 heterocycles. The van der Waals surface area contributed by atoms with E-state index in [-0.39, 0.29) is 23.9 Å². The molecule has 0 unspecified atom stereocenters. The van der Waals surface area contributed by atoms with Crippen molar-refractivity contribution in [2.24, 2.45) is 35.5 Å². The summed E-state index contributed by atoms with van der Waals surface area (Å²) in [5.41, 5.74) is 0. The van der Waals surface area contributed by atoms with E-state index in [0.717, 1.165) is 23.7 Å². The average molecular weight is 361 g/mol. The van der Waals surface area contributed by atoms with Crippen LogP contribution in [-0.4, -0.2) is 23.9 Å². The van der Waals surface area contributed by atoms with Gasteiger partial charge in [-0.1, -0.05) is 12.8 Å². The standard InChI is InChI=1S/C22H36N2O2/c1-13(19-11-15-3-5-17(19)9-15)23-21(25)7-8-22(26)24-14(2)20-12-16-4-6-18(20)10-16/h13-20H,3-12H2,1-2H3,(H,23,25)(H,24,26)/t13-,14+,15-,16-,17-,18-,19+,20-/m0/s1. The summed E-state index contributed by atoms with van der Waals surface area (Å²) in [7, 11) is 0. The van der Waals surface area contributed by atoms with Crippen LogP contribution in [0.25, 0.3) is 0 Å². The second-order valence-electron chi connectivity index (χ2n) is 9.89. The van der Waals surface area contributed by atoms with Crippen LogP contribution in [0.1, 0.15) is 78.1 Å². The monoisotopic (exact) mass is 360 g/mol. The number of nitrogens with one attached hydrogen (secondary N) is 2. The number of rotatable bonds is 7. The van der Waals surface area contributed by atoms with Gasteiger partial charge in [0.15, 0.2) is 0 Å². The Bertz CT molecular complexity index is 500. The number of fused-ring (bicyclic) bond motifs is 4. The van der Waals surface area contributed by atoms with Crippen LogP contribution in [0.15, 0.2) is 0 Å². The maximum atomic E-state index is 12.3. The number of hydrogen-bond donors (Lipinski definition) is 2. The maximum absolute atomic E-state index is 12.3. The van der Waals surface area contributed by atoms with Gasteiger partial charge in [-0.3, -0.25) is 9.59 Å². The minimum atomic E-state index is 0.0444. The maximum Gasteiger partial charge on any atom is 0.220 e. The van der Waals surface area contributed by atoms with Gasteiger partial charge in [0.25, 0.3) is 0 Å². The highest BCUT2D eigenvalue weighted by atomic mass is 16.2. The summed E-state index contributed by atoms with van der Waals surface area (Å²) in [5, 5.41) is 6.35. The second-order valence-corrected chi connectivity index (χ2v) is 9.89. The van der Waals surface area contributed by atoms with Crippen LogP contribution < -0.4 is 10.6 Å². The molecule has 4 fully saturated rings. The lowest BCUT2D eigenvalue weighted by molar-refractivity contribution is -0.127. The molecule has 8 atom stereocenters. The topological polar surface area (TPSA) is 58.2 Å². The highest BCUT2D eigenvalue weighted by Crippen LogP contribution is 2.50. The Morgan fingerprint density at radius 2 is 1.15 bits per heavy atom. The summed E-state index contributed by atoms with van der Waals surface area (Å²) >= 11 is 0. The first kappa shape index (κ1) is 18.3. The van der Waals surface area contributed by atoms with Crippen molar-refractivity contribution in [2.75, 3.05) is 0 Å². The van der Waals surface area contributed by atoms with Crippen molar-refractivity contribution in [2.45, 2.75) is 90.1 Å². The van der Waals surface area contributed by atoms with Crippen LogP contribution in [0.2, 0.25) is 0 Å². The molecule has 4 aliphatic rings. The average Bonchev–Trinajstić information content (AvgIpc) is 3.39. The molecule has 2 amide bonds. The molecule has 0 saturated heterocycles. The van der Waals surface area contributed by atoms with E-state index in [1.54, 1.807) is 0 Å². The molecule has 2 N–H and O–H groups in total. The van der Waals surface area contributed by atoms with Gasteiger partial charge in [0, 0.05) is 24.9 Å². The van der Waals surface area contributed by atoms with Crippen LogP contribution in [0.3, 0.4) is 0 Å². The summed E-state index contributed by atoms with van der Waals surface area (Å²) in [5.74, 6) is 4.85. The van der Waals surface area contributed by atoms with Crippen LogP contribution >= 0.6 is 0 Å². The van der Waals surface area contributed by atoms with Crippen LogP contribution in [0.4, 0.5) is 0 Å². The molecule has 26 heavy (non-hydrogen) atoms. The Hall–Kier alpha value is -1.06. The van der Waals surface area contributed by atoms with E-state index in [2.05, 4.69) is 24.5 Å². The molecule has 4 rings (SSSR count). The van der Waals surface area contributed by atoms with Crippen molar-refractivity contribution in [3.8, 4) is 0 Å². The summed E-state index contributed by atoms with van der Waals surface area (Å²) < 4.78 is 0. The van der Waals surface area contributed by atoms with Gasteiger partial charge in [-0.2, -0.15) is 0 Å². The molecule has 0 radical (unpaired) electrons. The van der Waals surface area contributed by atoms with Crippen molar-refractivity contribution < 1.29 is 9.59 Å². The highest BCUT2D eigenvalue weighted by Gasteiger charge is 2.43. The Kier molecular flexibility index (Phi) is 5.29. The molecule has 4 aliphatic carbocycles. The molecule has 0 aromatic rings. The van der Waals surface area contributed by atoms with Crippen LogP contribution in [0.5, 0.6) is 0 Å². The molecule has 0 aliphatic heterocycles. The van der Waals surface area contributed by atoms with E-state index in [0.29, 0.717) is 24.7 Å². The first-order valence-electron chi connectivity index (χ1n) is 11.1. The van der Waals surface area contributed by atoms with Gasteiger partial charge >= 0.3 is 0 Å². The Balaban J connectivity index is 1.15. The molecule has 4 bridgehead atoms.